The molecule has 1 aromatic rings. The number of hydrogen-bond acceptors (Lipinski definition) is 4. The fraction of sp³-hybridized carbons (Fsp3) is 0.333. The van der Waals surface area contributed by atoms with Gasteiger partial charge in [-0.15, -0.1) is 0 Å². The van der Waals surface area contributed by atoms with Crippen molar-refractivity contribution in [1.29, 1.82) is 0 Å². The molecule has 0 N–H and O–H groups in total. The predicted octanol–water partition coefficient (Wildman–Crippen LogP) is 1.36. The summed E-state index contributed by atoms with van der Waals surface area (Å²) in [6, 6.07) is 3.75. The van der Waals surface area contributed by atoms with Gasteiger partial charge >= 0.3 is 0 Å². The molecule has 1 aliphatic heterocycles. The van der Waals surface area contributed by atoms with Gasteiger partial charge in [-0.1, -0.05) is 12.1 Å². The maximum absolute atomic E-state index is 12.5. The van der Waals surface area contributed by atoms with Gasteiger partial charge in [-0.25, -0.2) is 0 Å². The first-order valence-electron chi connectivity index (χ1n) is 7.73. The van der Waals surface area contributed by atoms with Crippen LogP contribution in [0.3, 0.4) is 0 Å². The first kappa shape index (κ1) is 9.58. The van der Waals surface area contributed by atoms with Crippen molar-refractivity contribution in [3.8, 4) is 0 Å². The molecule has 1 aliphatic carbocycles. The fourth-order valence-electron chi connectivity index (χ4n) is 2.44. The fourth-order valence-corrected chi connectivity index (χ4v) is 2.44. The maximum atomic E-state index is 12.5. The minimum Gasteiger partial charge on any atom is -0.299 e. The van der Waals surface area contributed by atoms with E-state index in [-0.39, 0.29) is 11.1 Å². The number of rotatable bonds is 1. The van der Waals surface area contributed by atoms with Crippen molar-refractivity contribution >= 4 is 23.4 Å². The Morgan fingerprint density at radius 1 is 1.10 bits per heavy atom. The summed E-state index contributed by atoms with van der Waals surface area (Å²) in [4.78, 5) is 49.6. The molecule has 3 rings (SSSR count). The van der Waals surface area contributed by atoms with Gasteiger partial charge in [-0.3, -0.25) is 24.1 Å². The van der Waals surface area contributed by atoms with Crippen molar-refractivity contribution in [2.45, 2.75) is 31.7 Å². The molecule has 1 heterocycles. The summed E-state index contributed by atoms with van der Waals surface area (Å²) in [5, 5.41) is 0. The lowest BCUT2D eigenvalue weighted by Gasteiger charge is -2.23. The molecule has 1 unspecified atom stereocenters. The van der Waals surface area contributed by atoms with Gasteiger partial charge in [-0.05, 0) is 25.0 Å². The van der Waals surface area contributed by atoms with Crippen LogP contribution < -0.4 is 0 Å². The van der Waals surface area contributed by atoms with E-state index in [1.807, 2.05) is 0 Å². The van der Waals surface area contributed by atoms with E-state index in [0.29, 0.717) is 4.90 Å². The van der Waals surface area contributed by atoms with Crippen molar-refractivity contribution < 1.29 is 23.3 Å². The van der Waals surface area contributed by atoms with Gasteiger partial charge in [0, 0.05) is 9.11 Å². The third-order valence-corrected chi connectivity index (χ3v) is 3.39. The zero-order valence-corrected chi connectivity index (χ0v) is 10.5. The monoisotopic (exact) mass is 274 g/mol. The first-order chi connectivity index (χ1) is 10.7. The lowest BCUT2D eigenvalue weighted by Crippen LogP contribution is -2.44. The van der Waals surface area contributed by atoms with Crippen LogP contribution in [0.15, 0.2) is 24.3 Å². The van der Waals surface area contributed by atoms with E-state index in [2.05, 4.69) is 0 Å². The van der Waals surface area contributed by atoms with Gasteiger partial charge in [0.05, 0.1) is 24.9 Å². The van der Waals surface area contributed by atoms with E-state index >= 15 is 0 Å². The number of nitrogens with zero attached hydrogens (tertiary/aromatic N) is 1. The van der Waals surface area contributed by atoms with Gasteiger partial charge in [-0.2, -0.15) is 0 Å². The minimum absolute atomic E-state index is 0.107. The van der Waals surface area contributed by atoms with E-state index in [9.17, 15) is 19.2 Å². The molecule has 0 aromatic heterocycles. The second-order valence-electron chi connectivity index (χ2n) is 4.64. The van der Waals surface area contributed by atoms with Crippen molar-refractivity contribution in [1.82, 2.24) is 4.90 Å². The molecule has 1 saturated carbocycles. The lowest BCUT2D eigenvalue weighted by molar-refractivity contribution is -0.128. The van der Waals surface area contributed by atoms with Gasteiger partial charge in [0.25, 0.3) is 11.8 Å². The number of fused-ring (bicyclic) bond motifs is 1. The molecule has 2 amide bonds. The Kier molecular flexibility index (Phi) is 2.24. The number of amides is 2. The summed E-state index contributed by atoms with van der Waals surface area (Å²) in [6.45, 7) is 0. The quantitative estimate of drug-likeness (QED) is 0.440. The summed E-state index contributed by atoms with van der Waals surface area (Å²) < 4.78 is 23.6. The van der Waals surface area contributed by atoms with Crippen molar-refractivity contribution in [2.24, 2.45) is 0 Å². The number of carbonyl (C=O) groups excluding carboxylic acids is 4. The Bertz CT molecular complexity index is 726. The minimum atomic E-state index is -2.26. The van der Waals surface area contributed by atoms with Crippen molar-refractivity contribution in [3.63, 3.8) is 0 Å². The number of hydrogen-bond donors (Lipinski definition) is 0. The number of carbonyl (C=O) groups is 4. The van der Waals surface area contributed by atoms with E-state index < -0.39 is 55.0 Å². The molecular weight excluding hydrogens is 258 g/mol. The molecule has 5 nitrogen and oxygen atoms in total. The Hall–Kier alpha value is -2.30. The van der Waals surface area contributed by atoms with Crippen LogP contribution in [0.4, 0.5) is 0 Å². The van der Waals surface area contributed by atoms with Crippen LogP contribution in [0.2, 0.25) is 0 Å². The molecule has 102 valence electrons. The lowest BCUT2D eigenvalue weighted by atomic mass is 10.1. The Balaban J connectivity index is 2.04. The molecule has 20 heavy (non-hydrogen) atoms. The summed E-state index contributed by atoms with van der Waals surface area (Å²) in [7, 11) is 0. The molecule has 0 radical (unpaired) electrons. The molecule has 1 fully saturated rings. The highest BCUT2D eigenvalue weighted by molar-refractivity contribution is 6.23. The van der Waals surface area contributed by atoms with Crippen LogP contribution in [-0.4, -0.2) is 34.3 Å². The molecule has 1 aromatic carbocycles. The Labute approximate surface area is 119 Å². The van der Waals surface area contributed by atoms with Crippen LogP contribution in [0.5, 0.6) is 0 Å². The van der Waals surface area contributed by atoms with Crippen LogP contribution >= 0.6 is 0 Å². The first-order valence-corrected chi connectivity index (χ1v) is 6.23. The van der Waals surface area contributed by atoms with Gasteiger partial charge < -0.3 is 0 Å². The standard InChI is InChI=1S/C15H13NO4/c17-9-4-3-7-12(13(18)8-9)16-14(19)10-5-1-2-6-11(10)15(16)20/h1-2,5-6,12H,3-4,7-8H2/i4D2,12D. The average Bonchev–Trinajstić information content (AvgIpc) is 2.73. The summed E-state index contributed by atoms with van der Waals surface area (Å²) in [5.74, 6) is -3.38. The van der Waals surface area contributed by atoms with Crippen LogP contribution in [0.25, 0.3) is 0 Å². The van der Waals surface area contributed by atoms with E-state index in [1.165, 1.54) is 12.1 Å². The number of benzene rings is 1. The highest BCUT2D eigenvalue weighted by atomic mass is 16.2. The zero-order chi connectivity index (χ0) is 17.0. The highest BCUT2D eigenvalue weighted by Gasteiger charge is 2.43. The van der Waals surface area contributed by atoms with Gasteiger partial charge in [0.15, 0.2) is 5.78 Å². The van der Waals surface area contributed by atoms with Crippen molar-refractivity contribution in [3.05, 3.63) is 35.4 Å². The molecule has 5 heteroatoms. The molecule has 0 bridgehead atoms. The number of Topliss-reactive ketones (excluding diaryl/α,β-unsaturated/α-hetero) is 2. The van der Waals surface area contributed by atoms with E-state index in [4.69, 9.17) is 4.11 Å². The maximum Gasteiger partial charge on any atom is 0.262 e. The second kappa shape index (κ2) is 4.67. The normalized spacial score (nSPS) is 31.4. The molecule has 2 aliphatic rings. The average molecular weight is 274 g/mol. The summed E-state index contributed by atoms with van der Waals surface area (Å²) in [6.07, 6.45) is -3.84. The third kappa shape index (κ3) is 1.86. The second-order valence-corrected chi connectivity index (χ2v) is 4.64. The smallest absolute Gasteiger partial charge is 0.262 e. The molecule has 0 spiro atoms. The molecule has 1 atom stereocenters. The number of imide groups is 1. The van der Waals surface area contributed by atoms with Crippen LogP contribution in [0.1, 0.15) is 50.5 Å². The Morgan fingerprint density at radius 3 is 2.30 bits per heavy atom. The SMILES string of the molecule is [2H]C1([2H])CCC([2H])(N2C(=O)c3ccccc3C2=O)C(=O)CC1=O. The van der Waals surface area contributed by atoms with Crippen LogP contribution in [-0.2, 0) is 9.59 Å². The largest absolute Gasteiger partial charge is 0.299 e. The van der Waals surface area contributed by atoms with Gasteiger partial charge in [0.2, 0.25) is 0 Å². The van der Waals surface area contributed by atoms with Crippen molar-refractivity contribution in [2.75, 3.05) is 0 Å². The Morgan fingerprint density at radius 2 is 1.70 bits per heavy atom. The summed E-state index contributed by atoms with van der Waals surface area (Å²) >= 11 is 0. The highest BCUT2D eigenvalue weighted by Crippen LogP contribution is 2.28. The summed E-state index contributed by atoms with van der Waals surface area (Å²) in [5.41, 5.74) is 0.214. The molecular formula is C15H13NO4. The van der Waals surface area contributed by atoms with Gasteiger partial charge in [0.1, 0.15) is 5.78 Å². The van der Waals surface area contributed by atoms with E-state index in [1.54, 1.807) is 12.1 Å². The molecule has 0 saturated heterocycles. The topological polar surface area (TPSA) is 71.5 Å². The number of ketones is 2. The predicted molar refractivity (Wildman–Crippen MR) is 69.2 cm³/mol. The van der Waals surface area contributed by atoms with E-state index in [0.717, 1.165) is 0 Å². The zero-order valence-electron chi connectivity index (χ0n) is 13.5. The van der Waals surface area contributed by atoms with Crippen LogP contribution in [0, 0.1) is 0 Å². The third-order valence-electron chi connectivity index (χ3n) is 3.39.